The molecule has 1 unspecified atom stereocenters. The van der Waals surface area contributed by atoms with E-state index < -0.39 is 34.7 Å². The Morgan fingerprint density at radius 1 is 1.19 bits per heavy atom. The highest BCUT2D eigenvalue weighted by Crippen LogP contribution is 2.43. The standard InChI is InChI=1S/C20H17BrF3N3O4/c21-9-18(28)25-12-19(29,20(22,23)24)16-11-26(10-13-4-2-1-3-5-13)17-8-14(27(30)31)6-7-15(16)17/h1-8,11,29H,9-10,12H2,(H,25,28). The predicted molar refractivity (Wildman–Crippen MR) is 111 cm³/mol. The van der Waals surface area contributed by atoms with Gasteiger partial charge in [0, 0.05) is 35.8 Å². The van der Waals surface area contributed by atoms with Crippen LogP contribution in [-0.2, 0) is 16.9 Å². The summed E-state index contributed by atoms with van der Waals surface area (Å²) in [5, 5.41) is 23.7. The summed E-state index contributed by atoms with van der Waals surface area (Å²) in [6.45, 7) is -0.984. The van der Waals surface area contributed by atoms with E-state index in [1.54, 1.807) is 30.3 Å². The molecule has 0 fully saturated rings. The number of rotatable bonds is 7. The molecule has 31 heavy (non-hydrogen) atoms. The summed E-state index contributed by atoms with van der Waals surface area (Å²) in [5.74, 6) is -0.730. The fraction of sp³-hybridized carbons (Fsp3) is 0.250. The average molecular weight is 500 g/mol. The third-order valence-corrected chi connectivity index (χ3v) is 5.36. The minimum Gasteiger partial charge on any atom is -0.375 e. The molecule has 0 bridgehead atoms. The molecular weight excluding hydrogens is 483 g/mol. The molecule has 11 heteroatoms. The summed E-state index contributed by atoms with van der Waals surface area (Å²) in [5.41, 5.74) is -3.30. The second-order valence-corrected chi connectivity index (χ2v) is 7.44. The van der Waals surface area contributed by atoms with Crippen LogP contribution in [0.3, 0.4) is 0 Å². The maximum absolute atomic E-state index is 14.0. The first kappa shape index (κ1) is 22.8. The number of nitrogens with zero attached hydrogens (tertiary/aromatic N) is 2. The lowest BCUT2D eigenvalue weighted by Crippen LogP contribution is -2.51. The Morgan fingerprint density at radius 3 is 2.45 bits per heavy atom. The summed E-state index contributed by atoms with van der Waals surface area (Å²) < 4.78 is 43.4. The summed E-state index contributed by atoms with van der Waals surface area (Å²) in [6, 6.07) is 12.2. The Balaban J connectivity index is 2.20. The molecule has 0 aliphatic rings. The molecule has 3 aromatic rings. The number of carbonyl (C=O) groups excluding carboxylic acids is 1. The molecule has 0 aliphatic heterocycles. The maximum atomic E-state index is 14.0. The highest BCUT2D eigenvalue weighted by Gasteiger charge is 2.56. The molecule has 0 saturated heterocycles. The third kappa shape index (κ3) is 4.57. The SMILES string of the molecule is O=C(CBr)NCC(O)(c1cn(Cc2ccccc2)c2cc([N+](=O)[O-])ccc12)C(F)(F)F. The van der Waals surface area contributed by atoms with Gasteiger partial charge in [0.05, 0.1) is 22.3 Å². The number of aromatic nitrogens is 1. The Morgan fingerprint density at radius 2 is 1.87 bits per heavy atom. The first-order chi connectivity index (χ1) is 14.6. The van der Waals surface area contributed by atoms with Gasteiger partial charge in [-0.1, -0.05) is 46.3 Å². The average Bonchev–Trinajstić information content (AvgIpc) is 3.09. The fourth-order valence-corrected chi connectivity index (χ4v) is 3.45. The summed E-state index contributed by atoms with van der Waals surface area (Å²) in [4.78, 5) is 22.1. The van der Waals surface area contributed by atoms with Crippen molar-refractivity contribution >= 4 is 38.4 Å². The van der Waals surface area contributed by atoms with Gasteiger partial charge in [-0.15, -0.1) is 0 Å². The van der Waals surface area contributed by atoms with Gasteiger partial charge in [-0.25, -0.2) is 0 Å². The Hall–Kier alpha value is -2.92. The molecule has 164 valence electrons. The van der Waals surface area contributed by atoms with Crippen LogP contribution >= 0.6 is 15.9 Å². The van der Waals surface area contributed by atoms with Gasteiger partial charge < -0.3 is 15.0 Å². The first-order valence-corrected chi connectivity index (χ1v) is 10.1. The topological polar surface area (TPSA) is 97.4 Å². The number of nitrogens with one attached hydrogen (secondary N) is 1. The van der Waals surface area contributed by atoms with Crippen LogP contribution in [0.5, 0.6) is 0 Å². The van der Waals surface area contributed by atoms with Gasteiger partial charge in [-0.3, -0.25) is 14.9 Å². The van der Waals surface area contributed by atoms with Crippen molar-refractivity contribution in [3.8, 4) is 0 Å². The monoisotopic (exact) mass is 499 g/mol. The Kier molecular flexibility index (Phi) is 6.37. The zero-order valence-electron chi connectivity index (χ0n) is 15.9. The zero-order chi connectivity index (χ0) is 22.8. The molecule has 1 aromatic heterocycles. The van der Waals surface area contributed by atoms with Gasteiger partial charge in [0.2, 0.25) is 11.5 Å². The molecule has 7 nitrogen and oxygen atoms in total. The van der Waals surface area contributed by atoms with Crippen molar-refractivity contribution in [1.82, 2.24) is 9.88 Å². The molecule has 0 spiro atoms. The fourth-order valence-electron chi connectivity index (χ4n) is 3.26. The minimum atomic E-state index is -5.12. The van der Waals surface area contributed by atoms with E-state index in [2.05, 4.69) is 21.2 Å². The van der Waals surface area contributed by atoms with Crippen LogP contribution in [0.2, 0.25) is 0 Å². The molecule has 2 aromatic carbocycles. The van der Waals surface area contributed by atoms with E-state index in [1.807, 2.05) is 0 Å². The number of carbonyl (C=O) groups is 1. The van der Waals surface area contributed by atoms with Crippen LogP contribution in [0.15, 0.2) is 54.7 Å². The molecule has 0 radical (unpaired) electrons. The van der Waals surface area contributed by atoms with Crippen molar-refractivity contribution in [2.24, 2.45) is 0 Å². The van der Waals surface area contributed by atoms with Crippen LogP contribution in [0.25, 0.3) is 10.9 Å². The van der Waals surface area contributed by atoms with Gasteiger partial charge in [-0.2, -0.15) is 13.2 Å². The quantitative estimate of drug-likeness (QED) is 0.293. The number of non-ortho nitro benzene ring substituents is 1. The largest absolute Gasteiger partial charge is 0.423 e. The molecule has 1 atom stereocenters. The summed E-state index contributed by atoms with van der Waals surface area (Å²) in [7, 11) is 0. The van der Waals surface area contributed by atoms with Gasteiger partial charge in [-0.05, 0) is 11.6 Å². The molecule has 0 saturated carbocycles. The van der Waals surface area contributed by atoms with E-state index >= 15 is 0 Å². The lowest BCUT2D eigenvalue weighted by atomic mass is 9.92. The number of fused-ring (bicyclic) bond motifs is 1. The lowest BCUT2D eigenvalue weighted by Gasteiger charge is -2.30. The third-order valence-electron chi connectivity index (χ3n) is 4.85. The van der Waals surface area contributed by atoms with E-state index in [9.17, 15) is 33.2 Å². The first-order valence-electron chi connectivity index (χ1n) is 9.00. The normalized spacial score (nSPS) is 13.7. The molecule has 3 rings (SSSR count). The van der Waals surface area contributed by atoms with E-state index in [0.29, 0.717) is 0 Å². The number of halogens is 4. The molecule has 1 amide bonds. The van der Waals surface area contributed by atoms with Gasteiger partial charge in [0.1, 0.15) is 0 Å². The second kappa shape index (κ2) is 8.67. The Bertz CT molecular complexity index is 1120. The van der Waals surface area contributed by atoms with Crippen molar-refractivity contribution in [1.29, 1.82) is 0 Å². The van der Waals surface area contributed by atoms with Crippen LogP contribution in [0, 0.1) is 10.1 Å². The number of nitro benzene ring substituents is 1. The number of hydrogen-bond donors (Lipinski definition) is 2. The van der Waals surface area contributed by atoms with E-state index in [4.69, 9.17) is 0 Å². The smallest absolute Gasteiger partial charge is 0.375 e. The van der Waals surface area contributed by atoms with Crippen LogP contribution in [0.1, 0.15) is 11.1 Å². The number of alkyl halides is 4. The summed E-state index contributed by atoms with van der Waals surface area (Å²) >= 11 is 2.85. The highest BCUT2D eigenvalue weighted by atomic mass is 79.9. The molecule has 2 N–H and O–H groups in total. The van der Waals surface area contributed by atoms with Crippen molar-refractivity contribution < 1.29 is 28.0 Å². The molecule has 0 aliphatic carbocycles. The van der Waals surface area contributed by atoms with Gasteiger partial charge in [0.15, 0.2) is 0 Å². The van der Waals surface area contributed by atoms with E-state index in [-0.39, 0.29) is 28.5 Å². The Labute approximate surface area is 182 Å². The highest BCUT2D eigenvalue weighted by molar-refractivity contribution is 9.09. The van der Waals surface area contributed by atoms with Crippen LogP contribution in [0.4, 0.5) is 18.9 Å². The number of nitro groups is 1. The van der Waals surface area contributed by atoms with Crippen molar-refractivity contribution in [3.63, 3.8) is 0 Å². The lowest BCUT2D eigenvalue weighted by molar-refractivity contribution is -0.384. The second-order valence-electron chi connectivity index (χ2n) is 6.88. The van der Waals surface area contributed by atoms with Gasteiger partial charge in [0.25, 0.3) is 5.69 Å². The molecule has 1 heterocycles. The summed E-state index contributed by atoms with van der Waals surface area (Å²) in [6.07, 6.45) is -4.00. The minimum absolute atomic E-state index is 0.00514. The van der Waals surface area contributed by atoms with E-state index in [1.165, 1.54) is 10.6 Å². The van der Waals surface area contributed by atoms with Crippen LogP contribution in [-0.4, -0.2) is 38.6 Å². The number of benzene rings is 2. The molecular formula is C20H17BrF3N3O4. The number of aliphatic hydroxyl groups is 1. The van der Waals surface area contributed by atoms with Crippen molar-refractivity contribution in [2.75, 3.05) is 11.9 Å². The van der Waals surface area contributed by atoms with Crippen LogP contribution < -0.4 is 5.32 Å². The van der Waals surface area contributed by atoms with Crippen molar-refractivity contribution in [3.05, 3.63) is 76.0 Å². The van der Waals surface area contributed by atoms with E-state index in [0.717, 1.165) is 23.9 Å². The predicted octanol–water partition coefficient (Wildman–Crippen LogP) is 3.86. The zero-order valence-corrected chi connectivity index (χ0v) is 17.5. The number of hydrogen-bond acceptors (Lipinski definition) is 4. The van der Waals surface area contributed by atoms with Crippen molar-refractivity contribution in [2.45, 2.75) is 18.3 Å². The number of amides is 1. The maximum Gasteiger partial charge on any atom is 0.423 e. The van der Waals surface area contributed by atoms with Gasteiger partial charge >= 0.3 is 6.18 Å².